The van der Waals surface area contributed by atoms with Crippen molar-refractivity contribution in [1.29, 1.82) is 0 Å². The molecule has 16 heavy (non-hydrogen) atoms. The molecule has 2 nitrogen and oxygen atoms in total. The van der Waals surface area contributed by atoms with Crippen LogP contribution < -0.4 is 4.90 Å². The van der Waals surface area contributed by atoms with Crippen molar-refractivity contribution in [3.63, 3.8) is 0 Å². The quantitative estimate of drug-likeness (QED) is 0.557. The number of nitrogens with zero attached hydrogens (tertiary/aromatic N) is 2. The van der Waals surface area contributed by atoms with Crippen LogP contribution in [0.1, 0.15) is 26.7 Å². The fourth-order valence-electron chi connectivity index (χ4n) is 2.04. The summed E-state index contributed by atoms with van der Waals surface area (Å²) in [5.41, 5.74) is 1.20. The smallest absolute Gasteiger partial charge is 0.106 e. The number of aliphatic imine (C=N–C) groups is 1. The average molecular weight is 218 g/mol. The third-order valence-corrected chi connectivity index (χ3v) is 3.07. The van der Waals surface area contributed by atoms with Gasteiger partial charge in [-0.25, -0.2) is 0 Å². The third-order valence-electron chi connectivity index (χ3n) is 3.07. The van der Waals surface area contributed by atoms with Crippen LogP contribution in [0, 0.1) is 5.92 Å². The summed E-state index contributed by atoms with van der Waals surface area (Å²) >= 11 is 0. The highest BCUT2D eigenvalue weighted by Crippen LogP contribution is 2.18. The molecule has 1 rings (SSSR count). The highest BCUT2D eigenvalue weighted by Gasteiger charge is 2.16. The van der Waals surface area contributed by atoms with Gasteiger partial charge in [0, 0.05) is 25.7 Å². The largest absolute Gasteiger partial charge is 0.333 e. The fraction of sp³-hybridized carbons (Fsp3) is 0.500. The molecule has 0 aliphatic rings. The van der Waals surface area contributed by atoms with E-state index in [9.17, 15) is 0 Å². The van der Waals surface area contributed by atoms with Crippen molar-refractivity contribution in [2.75, 3.05) is 19.0 Å². The van der Waals surface area contributed by atoms with Gasteiger partial charge in [-0.1, -0.05) is 32.0 Å². The lowest BCUT2D eigenvalue weighted by atomic mass is 10.0. The summed E-state index contributed by atoms with van der Waals surface area (Å²) in [5, 5.41) is 0. The van der Waals surface area contributed by atoms with Gasteiger partial charge in [-0.15, -0.1) is 0 Å². The molecule has 0 heterocycles. The van der Waals surface area contributed by atoms with E-state index in [4.69, 9.17) is 0 Å². The van der Waals surface area contributed by atoms with Gasteiger partial charge in [-0.05, 0) is 25.0 Å². The Morgan fingerprint density at radius 2 is 1.75 bits per heavy atom. The maximum atomic E-state index is 4.45. The minimum absolute atomic E-state index is 0.551. The van der Waals surface area contributed by atoms with Crippen molar-refractivity contribution in [3.8, 4) is 0 Å². The zero-order chi connectivity index (χ0) is 12.0. The van der Waals surface area contributed by atoms with Crippen LogP contribution in [-0.2, 0) is 0 Å². The normalized spacial score (nSPS) is 11.9. The van der Waals surface area contributed by atoms with Crippen molar-refractivity contribution < 1.29 is 0 Å². The van der Waals surface area contributed by atoms with Crippen LogP contribution >= 0.6 is 0 Å². The van der Waals surface area contributed by atoms with Gasteiger partial charge in [0.15, 0.2) is 0 Å². The Morgan fingerprint density at radius 1 is 1.19 bits per heavy atom. The average Bonchev–Trinajstić information content (AvgIpc) is 2.36. The van der Waals surface area contributed by atoms with Gasteiger partial charge in [0.25, 0.3) is 0 Å². The minimum atomic E-state index is 0.551. The van der Waals surface area contributed by atoms with Gasteiger partial charge >= 0.3 is 0 Å². The molecule has 0 fully saturated rings. The van der Waals surface area contributed by atoms with E-state index in [0.29, 0.717) is 5.92 Å². The zero-order valence-corrected chi connectivity index (χ0v) is 10.8. The van der Waals surface area contributed by atoms with E-state index < -0.39 is 0 Å². The number of hydrogen-bond donors (Lipinski definition) is 0. The van der Waals surface area contributed by atoms with Crippen LogP contribution in [0.25, 0.3) is 0 Å². The Kier molecular flexibility index (Phi) is 5.03. The molecule has 0 saturated carbocycles. The van der Waals surface area contributed by atoms with Gasteiger partial charge in [-0.2, -0.15) is 0 Å². The van der Waals surface area contributed by atoms with Crippen LogP contribution in [-0.4, -0.2) is 19.9 Å². The number of anilines is 1. The van der Waals surface area contributed by atoms with Gasteiger partial charge in [0.2, 0.25) is 0 Å². The summed E-state index contributed by atoms with van der Waals surface area (Å²) in [5.74, 6) is 1.73. The number of amidine groups is 1. The lowest BCUT2D eigenvalue weighted by Gasteiger charge is -2.26. The molecule has 2 heteroatoms. The summed E-state index contributed by atoms with van der Waals surface area (Å²) in [4.78, 5) is 6.64. The van der Waals surface area contributed by atoms with Crippen molar-refractivity contribution in [1.82, 2.24) is 0 Å². The molecule has 0 atom stereocenters. The van der Waals surface area contributed by atoms with Gasteiger partial charge < -0.3 is 4.90 Å². The van der Waals surface area contributed by atoms with Crippen LogP contribution in [0.15, 0.2) is 35.3 Å². The summed E-state index contributed by atoms with van der Waals surface area (Å²) in [7, 11) is 3.98. The zero-order valence-electron chi connectivity index (χ0n) is 10.8. The van der Waals surface area contributed by atoms with E-state index in [1.54, 1.807) is 0 Å². The maximum absolute atomic E-state index is 4.45. The molecule has 0 spiro atoms. The fourth-order valence-corrected chi connectivity index (χ4v) is 2.04. The topological polar surface area (TPSA) is 15.6 Å². The molecule has 0 aromatic heterocycles. The summed E-state index contributed by atoms with van der Waals surface area (Å²) in [6.45, 7) is 4.44. The molecule has 0 radical (unpaired) electrons. The second-order valence-corrected chi connectivity index (χ2v) is 3.99. The van der Waals surface area contributed by atoms with Gasteiger partial charge in [-0.3, -0.25) is 4.99 Å². The monoisotopic (exact) mass is 218 g/mol. The van der Waals surface area contributed by atoms with E-state index in [-0.39, 0.29) is 0 Å². The summed E-state index contributed by atoms with van der Waals surface area (Å²) in [6.07, 6.45) is 2.28. The van der Waals surface area contributed by atoms with Gasteiger partial charge in [0.05, 0.1) is 0 Å². The Labute approximate surface area is 99.0 Å². The third kappa shape index (κ3) is 2.84. The molecule has 0 bridgehead atoms. The standard InChI is InChI=1S/C14H22N2/c1-5-12(6-2)14(15-3)16(4)13-10-8-7-9-11-13/h7-12H,5-6H2,1-4H3/b15-14-. The van der Waals surface area contributed by atoms with E-state index in [1.807, 2.05) is 13.1 Å². The molecule has 0 aliphatic carbocycles. The van der Waals surface area contributed by atoms with E-state index in [0.717, 1.165) is 12.8 Å². The maximum Gasteiger partial charge on any atom is 0.106 e. The van der Waals surface area contributed by atoms with Gasteiger partial charge in [0.1, 0.15) is 5.84 Å². The summed E-state index contributed by atoms with van der Waals surface area (Å²) in [6, 6.07) is 10.4. The molecule has 88 valence electrons. The molecule has 0 saturated heterocycles. The molecule has 0 amide bonds. The first-order valence-electron chi connectivity index (χ1n) is 6.00. The Balaban J connectivity index is 2.90. The predicted molar refractivity (Wildman–Crippen MR) is 72.3 cm³/mol. The first-order valence-corrected chi connectivity index (χ1v) is 6.00. The molecular formula is C14H22N2. The SMILES string of the molecule is CCC(CC)/C(=N/C)N(C)c1ccccc1. The second-order valence-electron chi connectivity index (χ2n) is 3.99. The van der Waals surface area contributed by atoms with Crippen molar-refractivity contribution in [3.05, 3.63) is 30.3 Å². The lowest BCUT2D eigenvalue weighted by molar-refractivity contribution is 0.632. The first kappa shape index (κ1) is 12.8. The summed E-state index contributed by atoms with van der Waals surface area (Å²) < 4.78 is 0. The Hall–Kier alpha value is -1.31. The van der Waals surface area contributed by atoms with Crippen LogP contribution in [0.4, 0.5) is 5.69 Å². The van der Waals surface area contributed by atoms with Crippen molar-refractivity contribution in [2.24, 2.45) is 10.9 Å². The highest BCUT2D eigenvalue weighted by molar-refractivity contribution is 5.98. The van der Waals surface area contributed by atoms with Crippen molar-refractivity contribution >= 4 is 11.5 Å². The van der Waals surface area contributed by atoms with E-state index in [1.165, 1.54) is 11.5 Å². The Morgan fingerprint density at radius 3 is 2.19 bits per heavy atom. The van der Waals surface area contributed by atoms with Crippen LogP contribution in [0.2, 0.25) is 0 Å². The molecule has 1 aromatic rings. The van der Waals surface area contributed by atoms with Crippen molar-refractivity contribution in [2.45, 2.75) is 26.7 Å². The van der Waals surface area contributed by atoms with E-state index in [2.05, 4.69) is 55.1 Å². The van der Waals surface area contributed by atoms with Crippen LogP contribution in [0.5, 0.6) is 0 Å². The number of benzene rings is 1. The van der Waals surface area contributed by atoms with E-state index >= 15 is 0 Å². The second kappa shape index (κ2) is 6.31. The Bertz CT molecular complexity index is 326. The predicted octanol–water partition coefficient (Wildman–Crippen LogP) is 3.59. The van der Waals surface area contributed by atoms with Crippen LogP contribution in [0.3, 0.4) is 0 Å². The highest BCUT2D eigenvalue weighted by atomic mass is 15.2. The molecule has 1 aromatic carbocycles. The number of rotatable bonds is 4. The molecule has 0 unspecified atom stereocenters. The first-order chi connectivity index (χ1) is 7.74. The number of para-hydroxylation sites is 1. The molecule has 0 N–H and O–H groups in total. The minimum Gasteiger partial charge on any atom is -0.333 e. The lowest BCUT2D eigenvalue weighted by Crippen LogP contribution is -2.32. The molecule has 0 aliphatic heterocycles. The molecular weight excluding hydrogens is 196 g/mol. The number of hydrogen-bond acceptors (Lipinski definition) is 1.